The van der Waals surface area contributed by atoms with Crippen molar-refractivity contribution in [2.75, 3.05) is 0 Å². The van der Waals surface area contributed by atoms with Crippen LogP contribution in [0.4, 0.5) is 0 Å². The molecule has 0 aromatic heterocycles. The molecule has 2 aromatic carbocycles. The first kappa shape index (κ1) is 12.5. The normalized spacial score (nSPS) is 28.9. The molecule has 4 rings (SSSR count). The fourth-order valence-electron chi connectivity index (χ4n) is 3.35. The van der Waals surface area contributed by atoms with Gasteiger partial charge in [-0.25, -0.2) is 0 Å². The van der Waals surface area contributed by atoms with Gasteiger partial charge in [0.1, 0.15) is 0 Å². The lowest BCUT2D eigenvalue weighted by Gasteiger charge is -2.17. The quantitative estimate of drug-likeness (QED) is 0.922. The van der Waals surface area contributed by atoms with Crippen molar-refractivity contribution in [3.05, 3.63) is 65.7 Å². The summed E-state index contributed by atoms with van der Waals surface area (Å²) in [6, 6.07) is 19.2. The molecule has 1 aliphatic carbocycles. The first-order valence-electron chi connectivity index (χ1n) is 7.30. The van der Waals surface area contributed by atoms with Gasteiger partial charge in [-0.05, 0) is 41.9 Å². The summed E-state index contributed by atoms with van der Waals surface area (Å²) in [5.74, 6) is 1.01. The number of rotatable bonds is 3. The van der Waals surface area contributed by atoms with Crippen molar-refractivity contribution in [1.82, 2.24) is 0 Å². The van der Waals surface area contributed by atoms with Crippen molar-refractivity contribution < 1.29 is 5.11 Å². The second-order valence-electron chi connectivity index (χ2n) is 5.88. The molecule has 4 atom stereocenters. The van der Waals surface area contributed by atoms with E-state index in [1.165, 1.54) is 16.0 Å². The van der Waals surface area contributed by atoms with Gasteiger partial charge in [0.25, 0.3) is 0 Å². The summed E-state index contributed by atoms with van der Waals surface area (Å²) in [5.41, 5.74) is 2.79. The van der Waals surface area contributed by atoms with Crippen LogP contribution in [-0.2, 0) is 6.42 Å². The zero-order valence-corrected chi connectivity index (χ0v) is 12.1. The topological polar surface area (TPSA) is 20.2 Å². The summed E-state index contributed by atoms with van der Waals surface area (Å²) < 4.78 is 0. The van der Waals surface area contributed by atoms with E-state index in [2.05, 4.69) is 54.6 Å². The fraction of sp³-hybridized carbons (Fsp3) is 0.333. The van der Waals surface area contributed by atoms with Gasteiger partial charge in [0.15, 0.2) is 0 Å². The molecule has 0 radical (unpaired) electrons. The minimum absolute atomic E-state index is 0.183. The molecule has 0 bridgehead atoms. The van der Waals surface area contributed by atoms with Crippen LogP contribution in [0.25, 0.3) is 0 Å². The molecule has 102 valence electrons. The largest absolute Gasteiger partial charge is 0.392 e. The molecule has 1 nitrogen and oxygen atoms in total. The maximum Gasteiger partial charge on any atom is 0.0699 e. The molecule has 1 heterocycles. The Balaban J connectivity index is 1.45. The van der Waals surface area contributed by atoms with Gasteiger partial charge in [0, 0.05) is 10.1 Å². The Labute approximate surface area is 124 Å². The predicted molar refractivity (Wildman–Crippen MR) is 83.1 cm³/mol. The second kappa shape index (κ2) is 4.94. The molecule has 0 spiro atoms. The Morgan fingerprint density at radius 2 is 1.75 bits per heavy atom. The lowest BCUT2D eigenvalue weighted by Crippen LogP contribution is -2.25. The highest BCUT2D eigenvalue weighted by atomic mass is 32.2. The van der Waals surface area contributed by atoms with E-state index in [-0.39, 0.29) is 6.10 Å². The van der Waals surface area contributed by atoms with Gasteiger partial charge in [-0.2, -0.15) is 0 Å². The third-order valence-electron chi connectivity index (χ3n) is 4.56. The SMILES string of the molecule is OC(C1Cc2ccccc2S1)C1CC1c1ccccc1. The molecule has 2 aliphatic rings. The number of benzene rings is 2. The predicted octanol–water partition coefficient (Wildman–Crippen LogP) is 3.87. The highest BCUT2D eigenvalue weighted by Crippen LogP contribution is 2.53. The Bertz CT molecular complexity index is 585. The monoisotopic (exact) mass is 282 g/mol. The maximum atomic E-state index is 10.7. The van der Waals surface area contributed by atoms with Crippen molar-refractivity contribution in [3.8, 4) is 0 Å². The minimum atomic E-state index is -0.183. The Morgan fingerprint density at radius 1 is 1.00 bits per heavy atom. The van der Waals surface area contributed by atoms with Crippen LogP contribution in [0.15, 0.2) is 59.5 Å². The third kappa shape index (κ3) is 2.17. The molecule has 0 amide bonds. The van der Waals surface area contributed by atoms with Crippen LogP contribution in [0.2, 0.25) is 0 Å². The number of thioether (sulfide) groups is 1. The van der Waals surface area contributed by atoms with Crippen LogP contribution >= 0.6 is 11.8 Å². The summed E-state index contributed by atoms with van der Waals surface area (Å²) in [6.07, 6.45) is 1.97. The van der Waals surface area contributed by atoms with Crippen molar-refractivity contribution in [1.29, 1.82) is 0 Å². The van der Waals surface area contributed by atoms with Crippen LogP contribution in [0.5, 0.6) is 0 Å². The van der Waals surface area contributed by atoms with Crippen molar-refractivity contribution in [3.63, 3.8) is 0 Å². The molecule has 20 heavy (non-hydrogen) atoms. The number of fused-ring (bicyclic) bond motifs is 1. The minimum Gasteiger partial charge on any atom is -0.392 e. The summed E-state index contributed by atoms with van der Waals surface area (Å²) in [7, 11) is 0. The van der Waals surface area contributed by atoms with E-state index in [1.54, 1.807) is 0 Å². The zero-order valence-electron chi connectivity index (χ0n) is 11.3. The van der Waals surface area contributed by atoms with Gasteiger partial charge in [-0.1, -0.05) is 48.5 Å². The van der Waals surface area contributed by atoms with Gasteiger partial charge in [0.05, 0.1) is 6.10 Å². The van der Waals surface area contributed by atoms with Crippen LogP contribution in [0, 0.1) is 5.92 Å². The van der Waals surface area contributed by atoms with Gasteiger partial charge < -0.3 is 5.11 Å². The van der Waals surface area contributed by atoms with E-state index in [0.717, 1.165) is 12.8 Å². The second-order valence-corrected chi connectivity index (χ2v) is 7.16. The molecular formula is C18H18OS. The van der Waals surface area contributed by atoms with E-state index in [4.69, 9.17) is 0 Å². The number of aliphatic hydroxyl groups excluding tert-OH is 1. The van der Waals surface area contributed by atoms with Crippen molar-refractivity contribution in [2.45, 2.75) is 35.0 Å². The van der Waals surface area contributed by atoms with Gasteiger partial charge in [0.2, 0.25) is 0 Å². The van der Waals surface area contributed by atoms with E-state index >= 15 is 0 Å². The Hall–Kier alpha value is -1.25. The van der Waals surface area contributed by atoms with Gasteiger partial charge >= 0.3 is 0 Å². The van der Waals surface area contributed by atoms with Crippen molar-refractivity contribution in [2.24, 2.45) is 5.92 Å². The zero-order chi connectivity index (χ0) is 13.5. The molecule has 1 fully saturated rings. The first-order chi connectivity index (χ1) is 9.83. The maximum absolute atomic E-state index is 10.7. The Morgan fingerprint density at radius 3 is 2.55 bits per heavy atom. The van der Waals surface area contributed by atoms with Crippen LogP contribution in [0.3, 0.4) is 0 Å². The van der Waals surface area contributed by atoms with E-state index in [1.807, 2.05) is 11.8 Å². The lowest BCUT2D eigenvalue weighted by molar-refractivity contribution is 0.146. The highest BCUT2D eigenvalue weighted by molar-refractivity contribution is 8.00. The Kier molecular flexibility index (Phi) is 3.08. The average Bonchev–Trinajstić information content (AvgIpc) is 3.18. The molecule has 1 saturated carbocycles. The number of hydrogen-bond acceptors (Lipinski definition) is 2. The highest BCUT2D eigenvalue weighted by Gasteiger charge is 2.47. The number of aliphatic hydroxyl groups is 1. The standard InChI is InChI=1S/C18H18OS/c19-18(15-11-14(15)12-6-2-1-3-7-12)17-10-13-8-4-5-9-16(13)20-17/h1-9,14-15,17-19H,10-11H2. The molecule has 1 N–H and O–H groups in total. The fourth-order valence-corrected chi connectivity index (χ4v) is 4.74. The lowest BCUT2D eigenvalue weighted by atomic mass is 10.0. The van der Waals surface area contributed by atoms with Crippen LogP contribution in [0.1, 0.15) is 23.5 Å². The molecule has 2 heteroatoms. The third-order valence-corrected chi connectivity index (χ3v) is 5.96. The molecule has 2 aromatic rings. The molecular weight excluding hydrogens is 264 g/mol. The molecule has 4 unspecified atom stereocenters. The van der Waals surface area contributed by atoms with Gasteiger partial charge in [-0.15, -0.1) is 11.8 Å². The molecule has 1 aliphatic heterocycles. The van der Waals surface area contributed by atoms with Gasteiger partial charge in [-0.3, -0.25) is 0 Å². The van der Waals surface area contributed by atoms with Crippen molar-refractivity contribution >= 4 is 11.8 Å². The summed E-state index contributed by atoms with van der Waals surface area (Å²) in [5, 5.41) is 11.0. The first-order valence-corrected chi connectivity index (χ1v) is 8.18. The van der Waals surface area contributed by atoms with E-state index < -0.39 is 0 Å². The average molecular weight is 282 g/mol. The van der Waals surface area contributed by atoms with E-state index in [9.17, 15) is 5.11 Å². The molecule has 0 saturated heterocycles. The van der Waals surface area contributed by atoms with Crippen LogP contribution in [-0.4, -0.2) is 16.5 Å². The van der Waals surface area contributed by atoms with E-state index in [0.29, 0.717) is 17.1 Å². The smallest absolute Gasteiger partial charge is 0.0699 e. The summed E-state index contributed by atoms with van der Waals surface area (Å²) >= 11 is 1.86. The summed E-state index contributed by atoms with van der Waals surface area (Å²) in [4.78, 5) is 1.36. The van der Waals surface area contributed by atoms with Crippen LogP contribution < -0.4 is 0 Å². The summed E-state index contributed by atoms with van der Waals surface area (Å²) in [6.45, 7) is 0. The number of hydrogen-bond donors (Lipinski definition) is 1.